The van der Waals surface area contributed by atoms with Crippen LogP contribution in [0.5, 0.6) is 0 Å². The lowest BCUT2D eigenvalue weighted by Gasteiger charge is -2.24. The first-order chi connectivity index (χ1) is 14.0. The van der Waals surface area contributed by atoms with Crippen LogP contribution in [0, 0.1) is 10.1 Å². The largest absolute Gasteiger partial charge is 0.377 e. The zero-order chi connectivity index (χ0) is 20.7. The highest BCUT2D eigenvalue weighted by molar-refractivity contribution is 7.89. The minimum atomic E-state index is -3.79. The molecule has 3 rings (SSSR count). The molecule has 0 aromatic heterocycles. The molecule has 0 unspecified atom stereocenters. The standard InChI is InChI=1S/C19H30N4O5S/c24-23(25)19-15-17(7-8-18(19)21-16-5-2-1-3-6-16)29(26,27)20-9-4-10-22-11-13-28-14-12-22/h7-8,15-16,20-21H,1-6,9-14H2/p+1. The van der Waals surface area contributed by atoms with Crippen LogP contribution in [0.4, 0.5) is 11.4 Å². The van der Waals surface area contributed by atoms with Gasteiger partial charge in [0, 0.05) is 25.1 Å². The van der Waals surface area contributed by atoms with E-state index >= 15 is 0 Å². The molecule has 1 aliphatic carbocycles. The van der Waals surface area contributed by atoms with Gasteiger partial charge in [0.1, 0.15) is 18.8 Å². The van der Waals surface area contributed by atoms with Crippen molar-refractivity contribution in [1.82, 2.24) is 4.72 Å². The van der Waals surface area contributed by atoms with Gasteiger partial charge in [0.15, 0.2) is 0 Å². The van der Waals surface area contributed by atoms with Crippen LogP contribution in [0.15, 0.2) is 23.1 Å². The molecule has 0 amide bonds. The number of rotatable bonds is 9. The number of nitro groups is 1. The van der Waals surface area contributed by atoms with Crippen molar-refractivity contribution in [2.45, 2.75) is 49.5 Å². The number of benzene rings is 1. The number of nitro benzene ring substituents is 1. The van der Waals surface area contributed by atoms with Crippen molar-refractivity contribution in [3.05, 3.63) is 28.3 Å². The Balaban J connectivity index is 1.60. The number of nitrogens with one attached hydrogen (secondary N) is 3. The molecule has 1 aliphatic heterocycles. The van der Waals surface area contributed by atoms with E-state index in [-0.39, 0.29) is 16.6 Å². The van der Waals surface area contributed by atoms with Gasteiger partial charge >= 0.3 is 0 Å². The Labute approximate surface area is 172 Å². The number of hydrogen-bond acceptors (Lipinski definition) is 6. The lowest BCUT2D eigenvalue weighted by atomic mass is 9.95. The second-order valence-electron chi connectivity index (χ2n) is 7.78. The Hall–Kier alpha value is -1.75. The van der Waals surface area contributed by atoms with Gasteiger partial charge in [0.2, 0.25) is 10.0 Å². The number of anilines is 1. The molecule has 1 saturated heterocycles. The topological polar surface area (TPSA) is 115 Å². The number of hydrogen-bond donors (Lipinski definition) is 3. The summed E-state index contributed by atoms with van der Waals surface area (Å²) in [5, 5.41) is 14.7. The first-order valence-corrected chi connectivity index (χ1v) is 11.9. The summed E-state index contributed by atoms with van der Waals surface area (Å²) in [7, 11) is -3.79. The minimum absolute atomic E-state index is 0.0721. The van der Waals surface area contributed by atoms with E-state index in [0.717, 1.165) is 64.6 Å². The fourth-order valence-corrected chi connectivity index (χ4v) is 5.05. The third-order valence-electron chi connectivity index (χ3n) is 5.64. The summed E-state index contributed by atoms with van der Waals surface area (Å²) in [6.45, 7) is 4.54. The van der Waals surface area contributed by atoms with Crippen molar-refractivity contribution < 1.29 is 23.0 Å². The number of morpholine rings is 1. The van der Waals surface area contributed by atoms with Crippen molar-refractivity contribution in [1.29, 1.82) is 0 Å². The summed E-state index contributed by atoms with van der Waals surface area (Å²) in [5.74, 6) is 0. The van der Waals surface area contributed by atoms with Crippen LogP contribution in [0.2, 0.25) is 0 Å². The number of nitrogens with zero attached hydrogens (tertiary/aromatic N) is 1. The van der Waals surface area contributed by atoms with Gasteiger partial charge in [-0.25, -0.2) is 13.1 Å². The maximum absolute atomic E-state index is 12.6. The van der Waals surface area contributed by atoms with E-state index in [1.165, 1.54) is 23.5 Å². The molecule has 3 N–H and O–H groups in total. The number of sulfonamides is 1. The third kappa shape index (κ3) is 6.36. The molecule has 1 heterocycles. The fourth-order valence-electron chi connectivity index (χ4n) is 3.96. The molecule has 1 aromatic carbocycles. The number of ether oxygens (including phenoxy) is 1. The molecule has 1 saturated carbocycles. The monoisotopic (exact) mass is 427 g/mol. The third-order valence-corrected chi connectivity index (χ3v) is 7.10. The van der Waals surface area contributed by atoms with Crippen LogP contribution in [-0.2, 0) is 14.8 Å². The first kappa shape index (κ1) is 21.9. The van der Waals surface area contributed by atoms with E-state index in [4.69, 9.17) is 4.74 Å². The average molecular weight is 428 g/mol. The highest BCUT2D eigenvalue weighted by Crippen LogP contribution is 2.30. The summed E-state index contributed by atoms with van der Waals surface area (Å²) in [5.41, 5.74) is 0.188. The lowest BCUT2D eigenvalue weighted by molar-refractivity contribution is -0.908. The maximum Gasteiger partial charge on any atom is 0.293 e. The Morgan fingerprint density at radius 1 is 1.17 bits per heavy atom. The highest BCUT2D eigenvalue weighted by atomic mass is 32.2. The van der Waals surface area contributed by atoms with Crippen LogP contribution < -0.4 is 14.9 Å². The average Bonchev–Trinajstić information content (AvgIpc) is 2.73. The Morgan fingerprint density at radius 3 is 2.59 bits per heavy atom. The number of quaternary nitrogens is 1. The Bertz CT molecular complexity index is 790. The predicted molar refractivity (Wildman–Crippen MR) is 110 cm³/mol. The molecule has 0 atom stereocenters. The smallest absolute Gasteiger partial charge is 0.293 e. The van der Waals surface area contributed by atoms with E-state index in [1.54, 1.807) is 0 Å². The highest BCUT2D eigenvalue weighted by Gasteiger charge is 2.23. The lowest BCUT2D eigenvalue weighted by Crippen LogP contribution is -3.14. The van der Waals surface area contributed by atoms with Crippen molar-refractivity contribution in [2.24, 2.45) is 0 Å². The van der Waals surface area contributed by atoms with Crippen molar-refractivity contribution in [2.75, 3.05) is 44.7 Å². The molecule has 29 heavy (non-hydrogen) atoms. The van der Waals surface area contributed by atoms with Crippen LogP contribution in [0.1, 0.15) is 38.5 Å². The molecule has 1 aromatic rings. The Morgan fingerprint density at radius 2 is 1.90 bits per heavy atom. The molecule has 10 heteroatoms. The Kier molecular flexibility index (Phi) is 7.82. The first-order valence-electron chi connectivity index (χ1n) is 10.4. The van der Waals surface area contributed by atoms with Crippen molar-refractivity contribution in [3.8, 4) is 0 Å². The second-order valence-corrected chi connectivity index (χ2v) is 9.55. The molecule has 2 fully saturated rings. The van der Waals surface area contributed by atoms with Crippen LogP contribution in [-0.4, -0.2) is 58.8 Å². The zero-order valence-corrected chi connectivity index (χ0v) is 17.5. The van der Waals surface area contributed by atoms with Crippen molar-refractivity contribution >= 4 is 21.4 Å². The summed E-state index contributed by atoms with van der Waals surface area (Å²) in [4.78, 5) is 12.3. The van der Waals surface area contributed by atoms with Crippen LogP contribution >= 0.6 is 0 Å². The molecular weight excluding hydrogens is 396 g/mol. The summed E-state index contributed by atoms with van der Waals surface area (Å²) >= 11 is 0. The van der Waals surface area contributed by atoms with Gasteiger partial charge in [-0.15, -0.1) is 0 Å². The molecule has 162 valence electrons. The van der Waals surface area contributed by atoms with Gasteiger partial charge in [-0.2, -0.15) is 0 Å². The van der Waals surface area contributed by atoms with Gasteiger partial charge < -0.3 is 15.0 Å². The van der Waals surface area contributed by atoms with Gasteiger partial charge in [0.25, 0.3) is 5.69 Å². The SMILES string of the molecule is O=[N+]([O-])c1cc(S(=O)(=O)NCCC[NH+]2CCOCC2)ccc1NC1CCCCC1. The quantitative estimate of drug-likeness (QED) is 0.307. The molecule has 0 radical (unpaired) electrons. The van der Waals surface area contributed by atoms with E-state index in [1.807, 2.05) is 0 Å². The van der Waals surface area contributed by atoms with Gasteiger partial charge in [-0.05, 0) is 25.0 Å². The van der Waals surface area contributed by atoms with Gasteiger partial charge in [-0.3, -0.25) is 10.1 Å². The predicted octanol–water partition coefficient (Wildman–Crippen LogP) is 0.923. The fraction of sp³-hybridized carbons (Fsp3) is 0.684. The van der Waals surface area contributed by atoms with E-state index in [9.17, 15) is 18.5 Å². The molecule has 0 bridgehead atoms. The molecule has 0 spiro atoms. The van der Waals surface area contributed by atoms with Gasteiger partial charge in [-0.1, -0.05) is 19.3 Å². The zero-order valence-electron chi connectivity index (χ0n) is 16.7. The van der Waals surface area contributed by atoms with E-state index in [2.05, 4.69) is 10.0 Å². The van der Waals surface area contributed by atoms with Crippen molar-refractivity contribution in [3.63, 3.8) is 0 Å². The summed E-state index contributed by atoms with van der Waals surface area (Å²) in [6, 6.07) is 4.30. The molecular formula is C19H31N4O5S+. The van der Waals surface area contributed by atoms with E-state index in [0.29, 0.717) is 18.7 Å². The van der Waals surface area contributed by atoms with Crippen LogP contribution in [0.25, 0.3) is 0 Å². The summed E-state index contributed by atoms with van der Waals surface area (Å²) < 4.78 is 33.0. The van der Waals surface area contributed by atoms with E-state index < -0.39 is 14.9 Å². The molecule has 9 nitrogen and oxygen atoms in total. The normalized spacial score (nSPS) is 19.2. The maximum atomic E-state index is 12.6. The summed E-state index contributed by atoms with van der Waals surface area (Å²) in [6.07, 6.45) is 6.06. The molecule has 2 aliphatic rings. The van der Waals surface area contributed by atoms with Crippen LogP contribution in [0.3, 0.4) is 0 Å². The second kappa shape index (κ2) is 10.3. The minimum Gasteiger partial charge on any atom is -0.377 e. The van der Waals surface area contributed by atoms with Gasteiger partial charge in [0.05, 0.1) is 29.6 Å².